The summed E-state index contributed by atoms with van der Waals surface area (Å²) < 4.78 is 0. The van der Waals surface area contributed by atoms with Gasteiger partial charge in [-0.2, -0.15) is 0 Å². The smallest absolute Gasteiger partial charge is 0.0102 e. The topological polar surface area (TPSA) is 3.24 Å². The Bertz CT molecular complexity index is 202. The van der Waals surface area contributed by atoms with Crippen LogP contribution in [0, 0.1) is 0 Å². The molecule has 0 aromatic rings. The molecule has 2 aliphatic rings. The van der Waals surface area contributed by atoms with Crippen molar-refractivity contribution in [3.8, 4) is 0 Å². The first-order valence-corrected chi connectivity index (χ1v) is 7.60. The van der Waals surface area contributed by atoms with Crippen LogP contribution in [0.1, 0.15) is 78.1 Å². The van der Waals surface area contributed by atoms with Gasteiger partial charge in [0.25, 0.3) is 0 Å². The molecular formula is C15H29N. The van der Waals surface area contributed by atoms with Crippen LogP contribution in [0.5, 0.6) is 0 Å². The second-order valence-corrected chi connectivity index (χ2v) is 5.96. The van der Waals surface area contributed by atoms with Gasteiger partial charge in [-0.05, 0) is 39.0 Å². The van der Waals surface area contributed by atoms with Crippen LogP contribution in [0.4, 0.5) is 0 Å². The number of rotatable bonds is 5. The van der Waals surface area contributed by atoms with Gasteiger partial charge in [-0.25, -0.2) is 0 Å². The largest absolute Gasteiger partial charge is 0.295 e. The fraction of sp³-hybridized carbons (Fsp3) is 1.00. The van der Waals surface area contributed by atoms with Crippen molar-refractivity contribution in [1.29, 1.82) is 0 Å². The molecule has 1 heteroatoms. The summed E-state index contributed by atoms with van der Waals surface area (Å²) in [7, 11) is 0. The molecule has 0 aliphatic carbocycles. The second kappa shape index (κ2) is 6.05. The monoisotopic (exact) mass is 223 g/mol. The highest BCUT2D eigenvalue weighted by Gasteiger charge is 2.37. The lowest BCUT2D eigenvalue weighted by molar-refractivity contribution is 0.0872. The lowest BCUT2D eigenvalue weighted by Gasteiger charge is -2.39. The molecule has 16 heavy (non-hydrogen) atoms. The second-order valence-electron chi connectivity index (χ2n) is 5.96. The lowest BCUT2D eigenvalue weighted by atomic mass is 9.97. The van der Waals surface area contributed by atoms with Gasteiger partial charge in [0.05, 0.1) is 0 Å². The van der Waals surface area contributed by atoms with Gasteiger partial charge in [-0.1, -0.05) is 39.0 Å². The Morgan fingerprint density at radius 3 is 2.69 bits per heavy atom. The minimum atomic E-state index is 0.873. The van der Waals surface area contributed by atoms with Crippen molar-refractivity contribution in [2.75, 3.05) is 0 Å². The zero-order valence-electron chi connectivity index (χ0n) is 11.3. The molecule has 2 aliphatic heterocycles. The van der Waals surface area contributed by atoms with Crippen LogP contribution >= 0.6 is 0 Å². The molecule has 0 amide bonds. The Hall–Kier alpha value is -0.0400. The Kier molecular flexibility index (Phi) is 4.69. The average molecular weight is 223 g/mol. The maximum absolute atomic E-state index is 2.88. The predicted octanol–water partition coefficient (Wildman–Crippen LogP) is 4.36. The van der Waals surface area contributed by atoms with Crippen LogP contribution < -0.4 is 0 Å². The Balaban J connectivity index is 1.77. The maximum Gasteiger partial charge on any atom is 0.0102 e. The number of unbranched alkanes of at least 4 members (excludes halogenated alkanes) is 3. The van der Waals surface area contributed by atoms with E-state index < -0.39 is 0 Å². The third-order valence-corrected chi connectivity index (χ3v) is 4.74. The molecule has 2 saturated heterocycles. The highest BCUT2D eigenvalue weighted by molar-refractivity contribution is 4.93. The Labute approximate surface area is 102 Å². The summed E-state index contributed by atoms with van der Waals surface area (Å²) in [5.41, 5.74) is 0. The molecule has 0 aromatic carbocycles. The van der Waals surface area contributed by atoms with Crippen LogP contribution in [0.2, 0.25) is 0 Å². The Morgan fingerprint density at radius 2 is 1.88 bits per heavy atom. The number of hydrogen-bond donors (Lipinski definition) is 0. The molecule has 94 valence electrons. The van der Waals surface area contributed by atoms with E-state index in [2.05, 4.69) is 18.7 Å². The summed E-state index contributed by atoms with van der Waals surface area (Å²) in [6, 6.07) is 2.77. The van der Waals surface area contributed by atoms with Crippen molar-refractivity contribution in [1.82, 2.24) is 4.90 Å². The van der Waals surface area contributed by atoms with Crippen molar-refractivity contribution in [2.24, 2.45) is 0 Å². The molecule has 0 unspecified atom stereocenters. The summed E-state index contributed by atoms with van der Waals surface area (Å²) >= 11 is 0. The molecule has 1 nitrogen and oxygen atoms in total. The van der Waals surface area contributed by atoms with Gasteiger partial charge in [0.2, 0.25) is 0 Å². The maximum atomic E-state index is 2.88. The van der Waals surface area contributed by atoms with Crippen molar-refractivity contribution >= 4 is 0 Å². The normalized spacial score (nSPS) is 35.2. The summed E-state index contributed by atoms with van der Waals surface area (Å²) in [6.07, 6.45) is 14.6. The van der Waals surface area contributed by atoms with Crippen LogP contribution in [0.3, 0.4) is 0 Å². The van der Waals surface area contributed by atoms with Gasteiger partial charge < -0.3 is 0 Å². The molecule has 0 aromatic heterocycles. The van der Waals surface area contributed by atoms with E-state index in [9.17, 15) is 0 Å². The van der Waals surface area contributed by atoms with Crippen molar-refractivity contribution in [3.05, 3.63) is 0 Å². The third kappa shape index (κ3) is 2.80. The van der Waals surface area contributed by atoms with E-state index >= 15 is 0 Å². The van der Waals surface area contributed by atoms with E-state index in [1.54, 1.807) is 0 Å². The quantitative estimate of drug-likeness (QED) is 0.626. The molecule has 0 bridgehead atoms. The van der Waals surface area contributed by atoms with Crippen LogP contribution in [0.15, 0.2) is 0 Å². The van der Waals surface area contributed by atoms with Crippen molar-refractivity contribution in [3.63, 3.8) is 0 Å². The standard InChI is InChI=1S/C15H29N/c1-3-4-5-6-9-14-11-12-15-10-7-8-13(2)16(14)15/h13-15H,3-12H2,1-2H3/t13-,14-,15-/m0/s1. The van der Waals surface area contributed by atoms with Gasteiger partial charge in [-0.15, -0.1) is 0 Å². The zero-order valence-corrected chi connectivity index (χ0v) is 11.3. The minimum Gasteiger partial charge on any atom is -0.295 e. The van der Waals surface area contributed by atoms with E-state index in [1.165, 1.54) is 64.2 Å². The third-order valence-electron chi connectivity index (χ3n) is 4.74. The van der Waals surface area contributed by atoms with Gasteiger partial charge in [0.15, 0.2) is 0 Å². The SMILES string of the molecule is CCCCCC[C@H]1CC[C@@H]2CCC[C@H](C)N12. The Morgan fingerprint density at radius 1 is 1.00 bits per heavy atom. The first kappa shape index (κ1) is 12.4. The zero-order chi connectivity index (χ0) is 11.4. The predicted molar refractivity (Wildman–Crippen MR) is 70.7 cm³/mol. The molecule has 2 rings (SSSR count). The molecule has 2 fully saturated rings. The number of nitrogens with zero attached hydrogens (tertiary/aromatic N) is 1. The lowest BCUT2D eigenvalue weighted by Crippen LogP contribution is -2.45. The minimum absolute atomic E-state index is 0.873. The molecule has 0 spiro atoms. The fourth-order valence-corrected chi connectivity index (χ4v) is 3.89. The van der Waals surface area contributed by atoms with Gasteiger partial charge in [-0.3, -0.25) is 4.90 Å². The average Bonchev–Trinajstić information content (AvgIpc) is 2.69. The first-order valence-electron chi connectivity index (χ1n) is 7.60. The fourth-order valence-electron chi connectivity index (χ4n) is 3.89. The summed E-state index contributed by atoms with van der Waals surface area (Å²) in [4.78, 5) is 2.88. The van der Waals surface area contributed by atoms with E-state index in [0.29, 0.717) is 0 Å². The van der Waals surface area contributed by atoms with Gasteiger partial charge in [0, 0.05) is 18.1 Å². The van der Waals surface area contributed by atoms with Gasteiger partial charge >= 0.3 is 0 Å². The van der Waals surface area contributed by atoms with Crippen molar-refractivity contribution < 1.29 is 0 Å². The molecule has 0 radical (unpaired) electrons. The van der Waals surface area contributed by atoms with Crippen LogP contribution in [-0.2, 0) is 0 Å². The van der Waals surface area contributed by atoms with E-state index in [0.717, 1.165) is 18.1 Å². The number of piperidine rings is 1. The number of fused-ring (bicyclic) bond motifs is 1. The summed E-state index contributed by atoms with van der Waals surface area (Å²) in [6.45, 7) is 4.76. The molecule has 0 N–H and O–H groups in total. The van der Waals surface area contributed by atoms with E-state index in [1.807, 2.05) is 0 Å². The first-order chi connectivity index (χ1) is 7.83. The highest BCUT2D eigenvalue weighted by atomic mass is 15.2. The van der Waals surface area contributed by atoms with Crippen LogP contribution in [-0.4, -0.2) is 23.0 Å². The summed E-state index contributed by atoms with van der Waals surface area (Å²) in [5.74, 6) is 0. The molecule has 2 heterocycles. The van der Waals surface area contributed by atoms with Crippen LogP contribution in [0.25, 0.3) is 0 Å². The molecular weight excluding hydrogens is 194 g/mol. The van der Waals surface area contributed by atoms with Crippen molar-refractivity contribution in [2.45, 2.75) is 96.2 Å². The number of hydrogen-bond acceptors (Lipinski definition) is 1. The van der Waals surface area contributed by atoms with E-state index in [4.69, 9.17) is 0 Å². The highest BCUT2D eigenvalue weighted by Crippen LogP contribution is 2.36. The van der Waals surface area contributed by atoms with E-state index in [-0.39, 0.29) is 0 Å². The molecule has 3 atom stereocenters. The molecule has 0 saturated carbocycles. The summed E-state index contributed by atoms with van der Waals surface area (Å²) in [5, 5.41) is 0. The van der Waals surface area contributed by atoms with Gasteiger partial charge in [0.1, 0.15) is 0 Å².